The van der Waals surface area contributed by atoms with Crippen molar-refractivity contribution in [2.75, 3.05) is 6.26 Å². The van der Waals surface area contributed by atoms with Gasteiger partial charge in [-0.2, -0.15) is 13.2 Å². The predicted molar refractivity (Wildman–Crippen MR) is 113 cm³/mol. The zero-order chi connectivity index (χ0) is 23.5. The molecular weight excluding hydrogens is 443 g/mol. The number of aliphatic carboxylic acids is 1. The number of nitrogens with zero attached hydrogens (tertiary/aromatic N) is 1. The third-order valence-corrected chi connectivity index (χ3v) is 7.42. The van der Waals surface area contributed by atoms with Crippen molar-refractivity contribution in [3.63, 3.8) is 0 Å². The highest BCUT2D eigenvalue weighted by molar-refractivity contribution is 7.90. The van der Waals surface area contributed by atoms with Crippen LogP contribution in [0.4, 0.5) is 13.2 Å². The molecule has 4 rings (SSSR count). The number of carbonyl (C=O) groups is 1. The molecule has 1 aromatic heterocycles. The molecule has 32 heavy (non-hydrogen) atoms. The molecule has 0 fully saturated rings. The minimum atomic E-state index is -4.71. The van der Waals surface area contributed by atoms with Crippen LogP contribution in [0.1, 0.15) is 35.7 Å². The Bertz CT molecular complexity index is 1340. The zero-order valence-electron chi connectivity index (χ0n) is 17.5. The predicted octanol–water partition coefficient (Wildman–Crippen LogP) is 4.69. The second-order valence-electron chi connectivity index (χ2n) is 8.66. The van der Waals surface area contributed by atoms with Crippen molar-refractivity contribution in [1.82, 2.24) is 4.57 Å². The molecule has 1 N–H and O–H groups in total. The molecule has 0 spiro atoms. The van der Waals surface area contributed by atoms with Crippen LogP contribution < -0.4 is 0 Å². The van der Waals surface area contributed by atoms with Gasteiger partial charge in [0.05, 0.1) is 15.9 Å². The number of carboxylic acid groups (broad SMARTS) is 1. The van der Waals surface area contributed by atoms with Crippen molar-refractivity contribution >= 4 is 26.7 Å². The van der Waals surface area contributed by atoms with Crippen molar-refractivity contribution < 1.29 is 31.5 Å². The number of para-hydroxylation sites is 1. The van der Waals surface area contributed by atoms with Crippen molar-refractivity contribution in [2.45, 2.75) is 43.8 Å². The van der Waals surface area contributed by atoms with Crippen LogP contribution in [0.15, 0.2) is 47.4 Å². The first-order chi connectivity index (χ1) is 14.8. The largest absolute Gasteiger partial charge is 0.481 e. The van der Waals surface area contributed by atoms with Crippen LogP contribution in [0, 0.1) is 5.41 Å². The second kappa shape index (κ2) is 7.37. The average molecular weight is 465 g/mol. The monoisotopic (exact) mass is 465 g/mol. The lowest BCUT2D eigenvalue weighted by atomic mass is 9.81. The average Bonchev–Trinajstić information content (AvgIpc) is 2.99. The van der Waals surface area contributed by atoms with E-state index in [1.54, 1.807) is 13.0 Å². The Balaban J connectivity index is 1.88. The fourth-order valence-electron chi connectivity index (χ4n) is 4.48. The smallest absolute Gasteiger partial charge is 0.416 e. The van der Waals surface area contributed by atoms with Crippen LogP contribution in [-0.4, -0.2) is 30.3 Å². The minimum Gasteiger partial charge on any atom is -0.481 e. The van der Waals surface area contributed by atoms with Gasteiger partial charge in [0.25, 0.3) is 0 Å². The van der Waals surface area contributed by atoms with Crippen LogP contribution in [0.2, 0.25) is 0 Å². The first-order valence-electron chi connectivity index (χ1n) is 10.0. The van der Waals surface area contributed by atoms with E-state index in [9.17, 15) is 31.5 Å². The summed E-state index contributed by atoms with van der Waals surface area (Å²) in [6.45, 7) is 1.91. The summed E-state index contributed by atoms with van der Waals surface area (Å²) in [5.74, 6) is -0.904. The molecule has 1 aliphatic rings. The third-order valence-electron chi connectivity index (χ3n) is 6.31. The molecule has 0 bridgehead atoms. The van der Waals surface area contributed by atoms with Crippen molar-refractivity contribution in [3.05, 3.63) is 64.8 Å². The van der Waals surface area contributed by atoms with Crippen LogP contribution in [-0.2, 0) is 40.2 Å². The van der Waals surface area contributed by atoms with Crippen LogP contribution in [0.25, 0.3) is 10.9 Å². The number of rotatable bonds is 4. The topological polar surface area (TPSA) is 76.4 Å². The summed E-state index contributed by atoms with van der Waals surface area (Å²) in [6.07, 6.45) is -3.07. The zero-order valence-corrected chi connectivity index (χ0v) is 18.3. The lowest BCUT2D eigenvalue weighted by Crippen LogP contribution is -2.37. The number of carboxylic acids is 1. The maximum atomic E-state index is 13.8. The van der Waals surface area contributed by atoms with E-state index in [1.807, 2.05) is 22.8 Å². The van der Waals surface area contributed by atoms with E-state index in [-0.39, 0.29) is 23.4 Å². The molecule has 5 nitrogen and oxygen atoms in total. The van der Waals surface area contributed by atoms with Gasteiger partial charge in [-0.15, -0.1) is 0 Å². The Morgan fingerprint density at radius 3 is 2.50 bits per heavy atom. The number of fused-ring (bicyclic) bond motifs is 3. The highest BCUT2D eigenvalue weighted by atomic mass is 32.2. The van der Waals surface area contributed by atoms with E-state index in [4.69, 9.17) is 0 Å². The molecule has 9 heteroatoms. The number of sulfone groups is 1. The van der Waals surface area contributed by atoms with Crippen molar-refractivity contribution in [2.24, 2.45) is 5.41 Å². The van der Waals surface area contributed by atoms with Gasteiger partial charge >= 0.3 is 12.1 Å². The molecule has 0 saturated heterocycles. The van der Waals surface area contributed by atoms with E-state index in [0.717, 1.165) is 22.9 Å². The normalized spacial score (nSPS) is 19.2. The first kappa shape index (κ1) is 22.4. The van der Waals surface area contributed by atoms with Gasteiger partial charge in [0.1, 0.15) is 0 Å². The van der Waals surface area contributed by atoms with Crippen LogP contribution in [0.5, 0.6) is 0 Å². The Kier molecular flexibility index (Phi) is 5.15. The van der Waals surface area contributed by atoms with Crippen molar-refractivity contribution in [1.29, 1.82) is 0 Å². The molecule has 1 atom stereocenters. The van der Waals surface area contributed by atoms with E-state index in [2.05, 4.69) is 0 Å². The van der Waals surface area contributed by atoms with Gasteiger partial charge in [-0.3, -0.25) is 4.79 Å². The van der Waals surface area contributed by atoms with Gasteiger partial charge in [-0.05, 0) is 49.1 Å². The summed E-state index contributed by atoms with van der Waals surface area (Å²) in [4.78, 5) is 11.4. The first-order valence-corrected chi connectivity index (χ1v) is 11.9. The van der Waals surface area contributed by atoms with Gasteiger partial charge in [0.15, 0.2) is 9.84 Å². The Hall–Kier alpha value is -2.81. The molecule has 170 valence electrons. The van der Waals surface area contributed by atoms with Gasteiger partial charge in [0.2, 0.25) is 0 Å². The highest BCUT2D eigenvalue weighted by Gasteiger charge is 2.39. The lowest BCUT2D eigenvalue weighted by Gasteiger charge is -2.32. The standard InChI is InChI=1S/C23H22F3NO4S/c1-22(21(28)29)10-9-20-17(16-5-3-4-6-19(16)27(20)13-22)11-14-7-8-15(32(2,30)31)12-18(14)23(24,25)26/h3-8,12H,9-11,13H2,1-2H3,(H,28,29). The summed E-state index contributed by atoms with van der Waals surface area (Å²) in [5.41, 5.74) is 0.369. The van der Waals surface area contributed by atoms with Crippen LogP contribution in [0.3, 0.4) is 0 Å². The molecule has 0 radical (unpaired) electrons. The molecule has 0 saturated carbocycles. The molecule has 2 heterocycles. The molecular formula is C23H22F3NO4S. The molecule has 3 aromatic rings. The summed E-state index contributed by atoms with van der Waals surface area (Å²) >= 11 is 0. The number of benzene rings is 2. The van der Waals surface area contributed by atoms with Crippen molar-refractivity contribution in [3.8, 4) is 0 Å². The molecule has 2 aromatic carbocycles. The lowest BCUT2D eigenvalue weighted by molar-refractivity contribution is -0.149. The summed E-state index contributed by atoms with van der Waals surface area (Å²) in [5, 5.41) is 10.4. The number of hydrogen-bond acceptors (Lipinski definition) is 3. The fraction of sp³-hybridized carbons (Fsp3) is 0.348. The van der Waals surface area contributed by atoms with Gasteiger partial charge < -0.3 is 9.67 Å². The molecule has 0 aliphatic carbocycles. The summed E-state index contributed by atoms with van der Waals surface area (Å²) in [7, 11) is -3.79. The third kappa shape index (κ3) is 3.79. The van der Waals surface area contributed by atoms with E-state index < -0.39 is 33.0 Å². The number of aromatic nitrogens is 1. The van der Waals surface area contributed by atoms with E-state index >= 15 is 0 Å². The van der Waals surface area contributed by atoms with E-state index in [0.29, 0.717) is 24.5 Å². The fourth-order valence-corrected chi connectivity index (χ4v) is 5.13. The number of alkyl halides is 3. The van der Waals surface area contributed by atoms with Gasteiger partial charge in [-0.1, -0.05) is 24.3 Å². The van der Waals surface area contributed by atoms with Gasteiger partial charge in [0, 0.05) is 35.8 Å². The quantitative estimate of drug-likeness (QED) is 0.607. The summed E-state index contributed by atoms with van der Waals surface area (Å²) in [6, 6.07) is 10.4. The second-order valence-corrected chi connectivity index (χ2v) is 10.7. The number of halogens is 3. The Morgan fingerprint density at radius 2 is 1.88 bits per heavy atom. The molecule has 1 aliphatic heterocycles. The van der Waals surface area contributed by atoms with Crippen LogP contribution >= 0.6 is 0 Å². The van der Waals surface area contributed by atoms with Gasteiger partial charge in [-0.25, -0.2) is 8.42 Å². The van der Waals surface area contributed by atoms with E-state index in [1.165, 1.54) is 12.1 Å². The highest BCUT2D eigenvalue weighted by Crippen LogP contribution is 2.41. The minimum absolute atomic E-state index is 0.0179. The molecule has 1 unspecified atom stereocenters. The Morgan fingerprint density at radius 1 is 1.19 bits per heavy atom. The summed E-state index contributed by atoms with van der Waals surface area (Å²) < 4.78 is 67.0. The SMILES string of the molecule is CC1(C(=O)O)CCc2c(Cc3ccc(S(C)(=O)=O)cc3C(F)(F)F)c3ccccc3n2C1. The maximum Gasteiger partial charge on any atom is 0.416 e. The number of hydrogen-bond donors (Lipinski definition) is 1. The molecule has 0 amide bonds. The Labute approximate surface area is 183 Å². The maximum absolute atomic E-state index is 13.8.